The van der Waals surface area contributed by atoms with Crippen LogP contribution < -0.4 is 0 Å². The molecule has 58 valence electrons. The normalized spacial score (nSPS) is 47.1. The van der Waals surface area contributed by atoms with Crippen LogP contribution in [0.4, 0.5) is 0 Å². The SMILES string of the molecule is CC1CCCC(C2CO2)C1. The second-order valence-corrected chi connectivity index (χ2v) is 3.90. The molecule has 10 heavy (non-hydrogen) atoms. The van der Waals surface area contributed by atoms with E-state index >= 15 is 0 Å². The molecule has 1 aliphatic carbocycles. The highest BCUT2D eigenvalue weighted by molar-refractivity contribution is 4.83. The topological polar surface area (TPSA) is 12.5 Å². The van der Waals surface area contributed by atoms with Gasteiger partial charge < -0.3 is 4.74 Å². The Morgan fingerprint density at radius 1 is 1.30 bits per heavy atom. The van der Waals surface area contributed by atoms with Crippen LogP contribution in [0.1, 0.15) is 32.6 Å². The fraction of sp³-hybridized carbons (Fsp3) is 1.00. The number of hydrogen-bond acceptors (Lipinski definition) is 1. The van der Waals surface area contributed by atoms with Gasteiger partial charge in [-0.15, -0.1) is 0 Å². The van der Waals surface area contributed by atoms with Crippen molar-refractivity contribution >= 4 is 0 Å². The summed E-state index contributed by atoms with van der Waals surface area (Å²) in [5, 5.41) is 0. The lowest BCUT2D eigenvalue weighted by atomic mass is 9.81. The van der Waals surface area contributed by atoms with Crippen molar-refractivity contribution in [2.45, 2.75) is 38.7 Å². The molecule has 1 saturated heterocycles. The van der Waals surface area contributed by atoms with Gasteiger partial charge in [-0.25, -0.2) is 0 Å². The molecule has 0 spiro atoms. The second kappa shape index (κ2) is 2.54. The number of epoxide rings is 1. The molecule has 1 nitrogen and oxygen atoms in total. The lowest BCUT2D eigenvalue weighted by molar-refractivity contribution is 0.225. The van der Waals surface area contributed by atoms with Gasteiger partial charge in [0.15, 0.2) is 0 Å². The molecule has 0 N–H and O–H groups in total. The first kappa shape index (κ1) is 6.66. The number of hydrogen-bond donors (Lipinski definition) is 0. The van der Waals surface area contributed by atoms with E-state index in [2.05, 4.69) is 6.92 Å². The molecule has 3 atom stereocenters. The molecule has 0 bridgehead atoms. The molecule has 0 aromatic rings. The van der Waals surface area contributed by atoms with Gasteiger partial charge in [0.05, 0.1) is 12.7 Å². The fourth-order valence-corrected chi connectivity index (χ4v) is 2.15. The van der Waals surface area contributed by atoms with Crippen LogP contribution >= 0.6 is 0 Å². The van der Waals surface area contributed by atoms with E-state index in [0.29, 0.717) is 6.10 Å². The summed E-state index contributed by atoms with van der Waals surface area (Å²) in [5.41, 5.74) is 0. The lowest BCUT2D eigenvalue weighted by Gasteiger charge is -2.24. The van der Waals surface area contributed by atoms with Crippen molar-refractivity contribution in [1.29, 1.82) is 0 Å². The highest BCUT2D eigenvalue weighted by atomic mass is 16.6. The average Bonchev–Trinajstić information content (AvgIpc) is 2.68. The van der Waals surface area contributed by atoms with E-state index in [1.807, 2.05) is 0 Å². The maximum atomic E-state index is 5.30. The van der Waals surface area contributed by atoms with Gasteiger partial charge in [-0.2, -0.15) is 0 Å². The van der Waals surface area contributed by atoms with E-state index in [4.69, 9.17) is 4.74 Å². The van der Waals surface area contributed by atoms with Gasteiger partial charge in [0.1, 0.15) is 0 Å². The minimum absolute atomic E-state index is 0.669. The Bertz CT molecular complexity index is 118. The minimum Gasteiger partial charge on any atom is -0.373 e. The molecule has 2 fully saturated rings. The lowest BCUT2D eigenvalue weighted by Crippen LogP contribution is -2.17. The predicted octanol–water partition coefficient (Wildman–Crippen LogP) is 2.21. The van der Waals surface area contributed by atoms with E-state index in [9.17, 15) is 0 Å². The highest BCUT2D eigenvalue weighted by Crippen LogP contribution is 2.35. The Hall–Kier alpha value is -0.0400. The quantitative estimate of drug-likeness (QED) is 0.509. The average molecular weight is 140 g/mol. The molecular formula is C9H16O. The van der Waals surface area contributed by atoms with Crippen LogP contribution in [0.2, 0.25) is 0 Å². The van der Waals surface area contributed by atoms with E-state index in [-0.39, 0.29) is 0 Å². The molecule has 0 amide bonds. The third-order valence-electron chi connectivity index (χ3n) is 2.86. The van der Waals surface area contributed by atoms with E-state index < -0.39 is 0 Å². The molecule has 1 aliphatic heterocycles. The van der Waals surface area contributed by atoms with Crippen molar-refractivity contribution in [2.75, 3.05) is 6.61 Å². The molecule has 0 aromatic heterocycles. The summed E-state index contributed by atoms with van der Waals surface area (Å²) in [6.07, 6.45) is 6.40. The van der Waals surface area contributed by atoms with Crippen molar-refractivity contribution in [3.05, 3.63) is 0 Å². The molecule has 1 saturated carbocycles. The van der Waals surface area contributed by atoms with Gasteiger partial charge in [-0.3, -0.25) is 0 Å². The molecule has 0 radical (unpaired) electrons. The predicted molar refractivity (Wildman–Crippen MR) is 40.9 cm³/mol. The number of rotatable bonds is 1. The first-order chi connectivity index (χ1) is 4.86. The standard InChI is InChI=1S/C9H16O/c1-7-3-2-4-8(5-7)9-6-10-9/h7-9H,2-6H2,1H3. The van der Waals surface area contributed by atoms with Crippen LogP contribution in [0.25, 0.3) is 0 Å². The van der Waals surface area contributed by atoms with Crippen molar-refractivity contribution in [3.8, 4) is 0 Å². The third-order valence-corrected chi connectivity index (χ3v) is 2.86. The van der Waals surface area contributed by atoms with Gasteiger partial charge in [-0.05, 0) is 24.7 Å². The molecule has 3 unspecified atom stereocenters. The first-order valence-electron chi connectivity index (χ1n) is 4.48. The molecule has 2 rings (SSSR count). The summed E-state index contributed by atoms with van der Waals surface area (Å²) in [7, 11) is 0. The minimum atomic E-state index is 0.669. The Labute approximate surface area is 62.8 Å². The molecule has 1 heterocycles. The monoisotopic (exact) mass is 140 g/mol. The number of ether oxygens (including phenoxy) is 1. The molecule has 0 aromatic carbocycles. The van der Waals surface area contributed by atoms with E-state index in [0.717, 1.165) is 18.4 Å². The van der Waals surface area contributed by atoms with Crippen molar-refractivity contribution in [2.24, 2.45) is 11.8 Å². The third kappa shape index (κ3) is 1.34. The zero-order chi connectivity index (χ0) is 6.97. The van der Waals surface area contributed by atoms with E-state index in [1.54, 1.807) is 0 Å². The van der Waals surface area contributed by atoms with Gasteiger partial charge in [-0.1, -0.05) is 19.8 Å². The summed E-state index contributed by atoms with van der Waals surface area (Å²) < 4.78 is 5.30. The van der Waals surface area contributed by atoms with Gasteiger partial charge in [0.25, 0.3) is 0 Å². The summed E-state index contributed by atoms with van der Waals surface area (Å²) in [4.78, 5) is 0. The summed E-state index contributed by atoms with van der Waals surface area (Å²) in [6, 6.07) is 0. The van der Waals surface area contributed by atoms with Crippen LogP contribution in [0.3, 0.4) is 0 Å². The first-order valence-corrected chi connectivity index (χ1v) is 4.48. The van der Waals surface area contributed by atoms with Crippen LogP contribution in [0, 0.1) is 11.8 Å². The molecule has 1 heteroatoms. The Morgan fingerprint density at radius 2 is 2.10 bits per heavy atom. The van der Waals surface area contributed by atoms with E-state index in [1.165, 1.54) is 25.7 Å². The second-order valence-electron chi connectivity index (χ2n) is 3.90. The zero-order valence-corrected chi connectivity index (χ0v) is 6.68. The van der Waals surface area contributed by atoms with Crippen molar-refractivity contribution in [1.82, 2.24) is 0 Å². The molecule has 2 aliphatic rings. The van der Waals surface area contributed by atoms with Crippen LogP contribution in [-0.4, -0.2) is 12.7 Å². The van der Waals surface area contributed by atoms with Gasteiger partial charge in [0, 0.05) is 0 Å². The fourth-order valence-electron chi connectivity index (χ4n) is 2.15. The Kier molecular flexibility index (Phi) is 1.69. The highest BCUT2D eigenvalue weighted by Gasteiger charge is 2.34. The maximum absolute atomic E-state index is 5.30. The van der Waals surface area contributed by atoms with Crippen molar-refractivity contribution in [3.63, 3.8) is 0 Å². The maximum Gasteiger partial charge on any atom is 0.0838 e. The Balaban J connectivity index is 1.84. The van der Waals surface area contributed by atoms with Gasteiger partial charge in [0.2, 0.25) is 0 Å². The zero-order valence-electron chi connectivity index (χ0n) is 6.68. The van der Waals surface area contributed by atoms with Crippen LogP contribution in [0.5, 0.6) is 0 Å². The van der Waals surface area contributed by atoms with Gasteiger partial charge >= 0.3 is 0 Å². The smallest absolute Gasteiger partial charge is 0.0838 e. The van der Waals surface area contributed by atoms with Crippen LogP contribution in [-0.2, 0) is 4.74 Å². The summed E-state index contributed by atoms with van der Waals surface area (Å²) >= 11 is 0. The van der Waals surface area contributed by atoms with Crippen molar-refractivity contribution < 1.29 is 4.74 Å². The largest absolute Gasteiger partial charge is 0.373 e. The molecular weight excluding hydrogens is 124 g/mol. The Morgan fingerprint density at radius 3 is 2.70 bits per heavy atom. The summed E-state index contributed by atoms with van der Waals surface area (Å²) in [6.45, 7) is 3.42. The summed E-state index contributed by atoms with van der Waals surface area (Å²) in [5.74, 6) is 1.88. The van der Waals surface area contributed by atoms with Crippen LogP contribution in [0.15, 0.2) is 0 Å².